The van der Waals surface area contributed by atoms with Crippen molar-refractivity contribution in [3.05, 3.63) is 12.7 Å². The third-order valence-corrected chi connectivity index (χ3v) is 1.63. The number of rotatable bonds is 7. The Morgan fingerprint density at radius 2 is 2.17 bits per heavy atom. The largest absolute Gasteiger partial charge is 0.481 e. The van der Waals surface area contributed by atoms with Gasteiger partial charge in [0.15, 0.2) is 0 Å². The molecule has 0 aliphatic rings. The fourth-order valence-electron chi connectivity index (χ4n) is 0.943. The topological polar surface area (TPSA) is 57.5 Å². The molecule has 0 aliphatic heterocycles. The molecule has 1 unspecified atom stereocenters. The van der Waals surface area contributed by atoms with Gasteiger partial charge >= 0.3 is 5.97 Å². The zero-order valence-corrected chi connectivity index (χ0v) is 7.20. The molecule has 3 nitrogen and oxygen atoms in total. The molecular formula is C9H16O3. The number of aliphatic hydroxyl groups is 1. The highest BCUT2D eigenvalue weighted by molar-refractivity contribution is 5.66. The van der Waals surface area contributed by atoms with Crippen LogP contribution in [0, 0.1) is 0 Å². The van der Waals surface area contributed by atoms with E-state index < -0.39 is 5.97 Å². The predicted octanol–water partition coefficient (Wildman–Crippen LogP) is 1.57. The molecule has 2 N–H and O–H groups in total. The second kappa shape index (κ2) is 6.85. The fraction of sp³-hybridized carbons (Fsp3) is 0.667. The van der Waals surface area contributed by atoms with Gasteiger partial charge in [0.25, 0.3) is 0 Å². The van der Waals surface area contributed by atoms with Crippen molar-refractivity contribution in [1.29, 1.82) is 0 Å². The van der Waals surface area contributed by atoms with Gasteiger partial charge in [-0.15, -0.1) is 6.58 Å². The highest BCUT2D eigenvalue weighted by Gasteiger charge is 2.04. The smallest absolute Gasteiger partial charge is 0.303 e. The summed E-state index contributed by atoms with van der Waals surface area (Å²) in [6, 6.07) is 0. The summed E-state index contributed by atoms with van der Waals surface area (Å²) in [6.45, 7) is 3.54. The van der Waals surface area contributed by atoms with E-state index in [1.165, 1.54) is 0 Å². The lowest BCUT2D eigenvalue weighted by Gasteiger charge is -2.06. The molecule has 0 bridgehead atoms. The van der Waals surface area contributed by atoms with E-state index in [-0.39, 0.29) is 12.5 Å². The number of hydrogen-bond acceptors (Lipinski definition) is 2. The van der Waals surface area contributed by atoms with Crippen LogP contribution >= 0.6 is 0 Å². The van der Waals surface area contributed by atoms with Crippen LogP contribution in [0.25, 0.3) is 0 Å². The molecule has 70 valence electrons. The molecular weight excluding hydrogens is 156 g/mol. The Hall–Kier alpha value is -0.830. The SMILES string of the molecule is C=CCCC(O)CCCC(=O)O. The Morgan fingerprint density at radius 1 is 1.50 bits per heavy atom. The summed E-state index contributed by atoms with van der Waals surface area (Å²) >= 11 is 0. The third-order valence-electron chi connectivity index (χ3n) is 1.63. The van der Waals surface area contributed by atoms with Gasteiger partial charge in [-0.2, -0.15) is 0 Å². The third kappa shape index (κ3) is 7.28. The monoisotopic (exact) mass is 172 g/mol. The molecule has 0 saturated heterocycles. The Bertz CT molecular complexity index is 143. The van der Waals surface area contributed by atoms with Crippen molar-refractivity contribution in [2.45, 2.75) is 38.2 Å². The van der Waals surface area contributed by atoms with Gasteiger partial charge in [0.1, 0.15) is 0 Å². The number of aliphatic hydroxyl groups excluding tert-OH is 1. The van der Waals surface area contributed by atoms with Crippen LogP contribution in [0.4, 0.5) is 0 Å². The van der Waals surface area contributed by atoms with E-state index >= 15 is 0 Å². The lowest BCUT2D eigenvalue weighted by Crippen LogP contribution is -2.06. The minimum absolute atomic E-state index is 0.144. The molecule has 0 aromatic carbocycles. The molecule has 0 radical (unpaired) electrons. The average Bonchev–Trinajstić information content (AvgIpc) is 2.00. The Morgan fingerprint density at radius 3 is 2.67 bits per heavy atom. The van der Waals surface area contributed by atoms with E-state index in [1.807, 2.05) is 0 Å². The van der Waals surface area contributed by atoms with Gasteiger partial charge in [-0.25, -0.2) is 0 Å². The van der Waals surface area contributed by atoms with Gasteiger partial charge in [0.2, 0.25) is 0 Å². The van der Waals surface area contributed by atoms with Crippen molar-refractivity contribution in [1.82, 2.24) is 0 Å². The summed E-state index contributed by atoms with van der Waals surface area (Å²) in [6.07, 6.45) is 4.11. The van der Waals surface area contributed by atoms with Crippen LogP contribution in [0.2, 0.25) is 0 Å². The summed E-state index contributed by atoms with van der Waals surface area (Å²) in [7, 11) is 0. The van der Waals surface area contributed by atoms with Gasteiger partial charge in [-0.3, -0.25) is 4.79 Å². The molecule has 0 saturated carbocycles. The van der Waals surface area contributed by atoms with Gasteiger partial charge in [-0.05, 0) is 25.7 Å². The van der Waals surface area contributed by atoms with Crippen molar-refractivity contribution in [2.75, 3.05) is 0 Å². The Labute approximate surface area is 72.7 Å². The van der Waals surface area contributed by atoms with Crippen molar-refractivity contribution in [3.8, 4) is 0 Å². The second-order valence-electron chi connectivity index (χ2n) is 2.81. The summed E-state index contributed by atoms with van der Waals surface area (Å²) in [5.41, 5.74) is 0. The molecule has 0 aromatic heterocycles. The van der Waals surface area contributed by atoms with Crippen LogP contribution in [0.3, 0.4) is 0 Å². The number of carboxylic acid groups (broad SMARTS) is 1. The first-order valence-electron chi connectivity index (χ1n) is 4.17. The van der Waals surface area contributed by atoms with Gasteiger partial charge in [0.05, 0.1) is 6.10 Å². The standard InChI is InChI=1S/C9H16O3/c1-2-3-5-8(10)6-4-7-9(11)12/h2,8,10H,1,3-7H2,(H,11,12). The van der Waals surface area contributed by atoms with E-state index in [1.54, 1.807) is 6.08 Å². The van der Waals surface area contributed by atoms with Gasteiger partial charge in [0, 0.05) is 6.42 Å². The van der Waals surface area contributed by atoms with Crippen molar-refractivity contribution in [2.24, 2.45) is 0 Å². The summed E-state index contributed by atoms with van der Waals surface area (Å²) < 4.78 is 0. The summed E-state index contributed by atoms with van der Waals surface area (Å²) in [5, 5.41) is 17.6. The zero-order chi connectivity index (χ0) is 9.40. The normalized spacial score (nSPS) is 12.4. The van der Waals surface area contributed by atoms with Crippen LogP contribution in [-0.2, 0) is 4.79 Å². The average molecular weight is 172 g/mol. The minimum Gasteiger partial charge on any atom is -0.481 e. The van der Waals surface area contributed by atoms with E-state index in [0.29, 0.717) is 19.3 Å². The summed E-state index contributed by atoms with van der Waals surface area (Å²) in [5.74, 6) is -0.800. The highest BCUT2D eigenvalue weighted by Crippen LogP contribution is 2.06. The molecule has 0 heterocycles. The number of allylic oxidation sites excluding steroid dienone is 1. The first kappa shape index (κ1) is 11.2. The maximum Gasteiger partial charge on any atom is 0.303 e. The van der Waals surface area contributed by atoms with Crippen molar-refractivity contribution >= 4 is 5.97 Å². The first-order valence-corrected chi connectivity index (χ1v) is 4.17. The van der Waals surface area contributed by atoms with Crippen LogP contribution in [0.1, 0.15) is 32.1 Å². The zero-order valence-electron chi connectivity index (χ0n) is 7.20. The van der Waals surface area contributed by atoms with Gasteiger partial charge in [-0.1, -0.05) is 6.08 Å². The molecule has 0 amide bonds. The number of carboxylic acids is 1. The maximum absolute atomic E-state index is 10.1. The molecule has 0 aliphatic carbocycles. The lowest BCUT2D eigenvalue weighted by molar-refractivity contribution is -0.137. The van der Waals surface area contributed by atoms with E-state index in [2.05, 4.69) is 6.58 Å². The minimum atomic E-state index is -0.800. The fourth-order valence-corrected chi connectivity index (χ4v) is 0.943. The molecule has 0 rings (SSSR count). The van der Waals surface area contributed by atoms with E-state index in [4.69, 9.17) is 5.11 Å². The van der Waals surface area contributed by atoms with E-state index in [0.717, 1.165) is 6.42 Å². The Kier molecular flexibility index (Phi) is 6.38. The van der Waals surface area contributed by atoms with Crippen molar-refractivity contribution in [3.63, 3.8) is 0 Å². The second-order valence-corrected chi connectivity index (χ2v) is 2.81. The molecule has 0 fully saturated rings. The number of carbonyl (C=O) groups is 1. The van der Waals surface area contributed by atoms with Gasteiger partial charge < -0.3 is 10.2 Å². The molecule has 0 aromatic rings. The highest BCUT2D eigenvalue weighted by atomic mass is 16.4. The molecule has 3 heteroatoms. The molecule has 12 heavy (non-hydrogen) atoms. The van der Waals surface area contributed by atoms with Crippen LogP contribution in [-0.4, -0.2) is 22.3 Å². The molecule has 0 spiro atoms. The number of hydrogen-bond donors (Lipinski definition) is 2. The molecule has 1 atom stereocenters. The maximum atomic E-state index is 10.1. The first-order chi connectivity index (χ1) is 5.66. The van der Waals surface area contributed by atoms with E-state index in [9.17, 15) is 9.90 Å². The number of aliphatic carboxylic acids is 1. The Balaban J connectivity index is 3.24. The van der Waals surface area contributed by atoms with Crippen LogP contribution < -0.4 is 0 Å². The summed E-state index contributed by atoms with van der Waals surface area (Å²) in [4.78, 5) is 10.1. The predicted molar refractivity (Wildman–Crippen MR) is 46.9 cm³/mol. The lowest BCUT2D eigenvalue weighted by atomic mass is 10.1. The quantitative estimate of drug-likeness (QED) is 0.573. The van der Waals surface area contributed by atoms with Crippen LogP contribution in [0.5, 0.6) is 0 Å². The van der Waals surface area contributed by atoms with Crippen molar-refractivity contribution < 1.29 is 15.0 Å². The van der Waals surface area contributed by atoms with Crippen LogP contribution in [0.15, 0.2) is 12.7 Å².